The Balaban J connectivity index is 1.66. The number of benzene rings is 3. The van der Waals surface area contributed by atoms with Gasteiger partial charge in [0.1, 0.15) is 5.82 Å². The fourth-order valence-electron chi connectivity index (χ4n) is 2.74. The topological polar surface area (TPSA) is 32.3 Å². The minimum absolute atomic E-state index is 0.0176. The normalized spacial score (nSPS) is 10.3. The molecule has 1 amide bonds. The van der Waals surface area contributed by atoms with Gasteiger partial charge in [-0.15, -0.1) is 0 Å². The Kier molecular flexibility index (Phi) is 5.99. The lowest BCUT2D eigenvalue weighted by Crippen LogP contribution is -2.31. The van der Waals surface area contributed by atoms with Crippen LogP contribution in [0.4, 0.5) is 15.8 Å². The van der Waals surface area contributed by atoms with Crippen LogP contribution in [0.5, 0.6) is 0 Å². The molecule has 0 aliphatic rings. The number of anilines is 2. The second-order valence-corrected chi connectivity index (χ2v) is 5.99. The largest absolute Gasteiger partial charge is 0.384 e. The summed E-state index contributed by atoms with van der Waals surface area (Å²) in [6.07, 6.45) is 0.318. The lowest BCUT2D eigenvalue weighted by Gasteiger charge is -2.23. The van der Waals surface area contributed by atoms with Crippen LogP contribution in [0, 0.1) is 5.82 Å². The Morgan fingerprint density at radius 1 is 0.885 bits per heavy atom. The molecule has 4 heteroatoms. The first kappa shape index (κ1) is 17.7. The first-order chi connectivity index (χ1) is 12.7. The number of carbonyl (C=O) groups excluding carboxylic acids is 1. The zero-order chi connectivity index (χ0) is 18.2. The standard InChI is InChI=1S/C22H21FN2O/c23-19-10-7-11-20(16-19)24-15-14-22(26)25(21-12-5-2-6-13-21)17-18-8-3-1-4-9-18/h1-13,16,24H,14-15,17H2. The van der Waals surface area contributed by atoms with Gasteiger partial charge in [-0.1, -0.05) is 54.6 Å². The van der Waals surface area contributed by atoms with Crippen molar-refractivity contribution in [3.63, 3.8) is 0 Å². The predicted octanol–water partition coefficient (Wildman–Crippen LogP) is 4.86. The van der Waals surface area contributed by atoms with Crippen molar-refractivity contribution in [1.29, 1.82) is 0 Å². The smallest absolute Gasteiger partial charge is 0.229 e. The molecule has 26 heavy (non-hydrogen) atoms. The minimum Gasteiger partial charge on any atom is -0.384 e. The molecule has 3 nitrogen and oxygen atoms in total. The third-order valence-electron chi connectivity index (χ3n) is 4.05. The Hall–Kier alpha value is -3.14. The fraction of sp³-hybridized carbons (Fsp3) is 0.136. The fourth-order valence-corrected chi connectivity index (χ4v) is 2.74. The number of halogens is 1. The van der Waals surface area contributed by atoms with E-state index in [9.17, 15) is 9.18 Å². The number of amides is 1. The molecular formula is C22H21FN2O. The zero-order valence-corrected chi connectivity index (χ0v) is 14.4. The number of hydrogen-bond acceptors (Lipinski definition) is 2. The first-order valence-electron chi connectivity index (χ1n) is 8.61. The maximum absolute atomic E-state index is 13.2. The molecule has 3 aromatic rings. The van der Waals surface area contributed by atoms with E-state index in [2.05, 4.69) is 5.32 Å². The summed E-state index contributed by atoms with van der Waals surface area (Å²) in [4.78, 5) is 14.6. The highest BCUT2D eigenvalue weighted by molar-refractivity contribution is 5.93. The van der Waals surface area contributed by atoms with E-state index >= 15 is 0 Å². The van der Waals surface area contributed by atoms with E-state index in [1.165, 1.54) is 12.1 Å². The first-order valence-corrected chi connectivity index (χ1v) is 8.61. The van der Waals surface area contributed by atoms with Crippen LogP contribution in [-0.4, -0.2) is 12.5 Å². The Morgan fingerprint density at radius 2 is 1.58 bits per heavy atom. The molecule has 0 saturated carbocycles. The molecule has 0 bridgehead atoms. The second kappa shape index (κ2) is 8.81. The van der Waals surface area contributed by atoms with Crippen LogP contribution in [0.3, 0.4) is 0 Å². The quantitative estimate of drug-likeness (QED) is 0.661. The van der Waals surface area contributed by atoms with Crippen molar-refractivity contribution in [1.82, 2.24) is 0 Å². The van der Waals surface area contributed by atoms with Crippen molar-refractivity contribution in [3.05, 3.63) is 96.3 Å². The van der Waals surface area contributed by atoms with Crippen LogP contribution >= 0.6 is 0 Å². The van der Waals surface area contributed by atoms with Gasteiger partial charge in [-0.05, 0) is 35.9 Å². The van der Waals surface area contributed by atoms with Crippen LogP contribution in [0.1, 0.15) is 12.0 Å². The molecule has 0 aliphatic heterocycles. The molecule has 1 N–H and O–H groups in total. The Bertz CT molecular complexity index is 837. The summed E-state index contributed by atoms with van der Waals surface area (Å²) >= 11 is 0. The van der Waals surface area contributed by atoms with Crippen LogP contribution in [0.2, 0.25) is 0 Å². The Labute approximate surface area is 153 Å². The Morgan fingerprint density at radius 3 is 2.27 bits per heavy atom. The van der Waals surface area contributed by atoms with Crippen molar-refractivity contribution in [2.75, 3.05) is 16.8 Å². The summed E-state index contributed by atoms with van der Waals surface area (Å²) in [6.45, 7) is 0.962. The van der Waals surface area contributed by atoms with Crippen LogP contribution < -0.4 is 10.2 Å². The lowest BCUT2D eigenvalue weighted by molar-refractivity contribution is -0.118. The average Bonchev–Trinajstić information content (AvgIpc) is 2.67. The number of hydrogen-bond donors (Lipinski definition) is 1. The average molecular weight is 348 g/mol. The zero-order valence-electron chi connectivity index (χ0n) is 14.4. The molecule has 3 aromatic carbocycles. The van der Waals surface area contributed by atoms with Gasteiger partial charge in [-0.3, -0.25) is 4.79 Å². The van der Waals surface area contributed by atoms with Crippen molar-refractivity contribution >= 4 is 17.3 Å². The molecular weight excluding hydrogens is 327 g/mol. The monoisotopic (exact) mass is 348 g/mol. The highest BCUT2D eigenvalue weighted by Crippen LogP contribution is 2.18. The summed E-state index contributed by atoms with van der Waals surface area (Å²) in [5.41, 5.74) is 2.61. The van der Waals surface area contributed by atoms with Gasteiger partial charge in [0.25, 0.3) is 0 Å². The second-order valence-electron chi connectivity index (χ2n) is 5.99. The van der Waals surface area contributed by atoms with E-state index in [0.717, 1.165) is 11.3 Å². The highest BCUT2D eigenvalue weighted by Gasteiger charge is 2.15. The molecule has 3 rings (SSSR count). The summed E-state index contributed by atoms with van der Waals surface area (Å²) in [5.74, 6) is -0.278. The van der Waals surface area contributed by atoms with E-state index in [-0.39, 0.29) is 11.7 Å². The summed E-state index contributed by atoms with van der Waals surface area (Å²) in [7, 11) is 0. The van der Waals surface area contributed by atoms with Gasteiger partial charge in [0.2, 0.25) is 5.91 Å². The molecule has 0 aliphatic carbocycles. The van der Waals surface area contributed by atoms with Crippen molar-refractivity contribution in [2.24, 2.45) is 0 Å². The van der Waals surface area contributed by atoms with Gasteiger partial charge in [0.15, 0.2) is 0 Å². The summed E-state index contributed by atoms with van der Waals surface area (Å²) in [5, 5.41) is 3.10. The van der Waals surface area contributed by atoms with Gasteiger partial charge in [-0.25, -0.2) is 4.39 Å². The van der Waals surface area contributed by atoms with Gasteiger partial charge < -0.3 is 10.2 Å². The molecule has 0 unspecified atom stereocenters. The van der Waals surface area contributed by atoms with Crippen LogP contribution in [0.15, 0.2) is 84.9 Å². The van der Waals surface area contributed by atoms with Crippen LogP contribution in [-0.2, 0) is 11.3 Å². The van der Waals surface area contributed by atoms with Gasteiger partial charge in [0, 0.05) is 24.3 Å². The van der Waals surface area contributed by atoms with Crippen molar-refractivity contribution in [2.45, 2.75) is 13.0 Å². The lowest BCUT2D eigenvalue weighted by atomic mass is 10.2. The molecule has 0 spiro atoms. The highest BCUT2D eigenvalue weighted by atomic mass is 19.1. The van der Waals surface area contributed by atoms with Crippen molar-refractivity contribution < 1.29 is 9.18 Å². The van der Waals surface area contributed by atoms with Gasteiger partial charge in [0.05, 0.1) is 6.54 Å². The number of nitrogens with zero attached hydrogens (tertiary/aromatic N) is 1. The molecule has 0 atom stereocenters. The summed E-state index contributed by atoms with van der Waals surface area (Å²) < 4.78 is 13.2. The maximum atomic E-state index is 13.2. The van der Waals surface area contributed by atoms with Crippen LogP contribution in [0.25, 0.3) is 0 Å². The number of carbonyl (C=O) groups is 1. The third kappa shape index (κ3) is 4.93. The number of rotatable bonds is 7. The molecule has 132 valence electrons. The molecule has 0 aromatic heterocycles. The SMILES string of the molecule is O=C(CCNc1cccc(F)c1)N(Cc1ccccc1)c1ccccc1. The molecule has 0 radical (unpaired) electrons. The van der Waals surface area contributed by atoms with Gasteiger partial charge in [-0.2, -0.15) is 0 Å². The van der Waals surface area contributed by atoms with Gasteiger partial charge >= 0.3 is 0 Å². The van der Waals surface area contributed by atoms with E-state index in [0.29, 0.717) is 25.2 Å². The predicted molar refractivity (Wildman–Crippen MR) is 104 cm³/mol. The van der Waals surface area contributed by atoms with Crippen molar-refractivity contribution in [3.8, 4) is 0 Å². The number of nitrogens with one attached hydrogen (secondary N) is 1. The van der Waals surface area contributed by atoms with E-state index in [1.54, 1.807) is 17.0 Å². The minimum atomic E-state index is -0.295. The number of para-hydroxylation sites is 1. The van der Waals surface area contributed by atoms with E-state index in [4.69, 9.17) is 0 Å². The van der Waals surface area contributed by atoms with E-state index in [1.807, 2.05) is 60.7 Å². The summed E-state index contributed by atoms with van der Waals surface area (Å²) in [6, 6.07) is 25.8. The molecule has 0 saturated heterocycles. The third-order valence-corrected chi connectivity index (χ3v) is 4.05. The maximum Gasteiger partial charge on any atom is 0.229 e. The molecule has 0 heterocycles. The molecule has 0 fully saturated rings. The van der Waals surface area contributed by atoms with E-state index < -0.39 is 0 Å².